The number of nitrogens with one attached hydrogen (secondary N) is 1. The number of phenolic OH excluding ortho intramolecular Hbond substituents is 1. The molecular formula is C22H26N4O5. The van der Waals surface area contributed by atoms with Gasteiger partial charge in [0.1, 0.15) is 0 Å². The number of phenols is 1. The summed E-state index contributed by atoms with van der Waals surface area (Å²) in [5.41, 5.74) is 3.70. The van der Waals surface area contributed by atoms with Crippen molar-refractivity contribution in [3.05, 3.63) is 63.2 Å². The lowest BCUT2D eigenvalue weighted by Gasteiger charge is -2.31. The summed E-state index contributed by atoms with van der Waals surface area (Å²) < 4.78 is 5.29. The van der Waals surface area contributed by atoms with Gasteiger partial charge in [-0.25, -0.2) is 5.43 Å². The maximum Gasteiger partial charge on any atom is 0.271 e. The molecule has 0 bridgehead atoms. The number of hydrogen-bond donors (Lipinski definition) is 2. The largest absolute Gasteiger partial charge is 0.504 e. The number of amides is 1. The zero-order chi connectivity index (χ0) is 22.4. The number of benzene rings is 2. The number of rotatable bonds is 7. The Morgan fingerprint density at radius 1 is 1.42 bits per heavy atom. The number of nitro groups is 1. The van der Waals surface area contributed by atoms with Crippen LogP contribution in [0.15, 0.2) is 41.5 Å². The van der Waals surface area contributed by atoms with Gasteiger partial charge in [0.15, 0.2) is 11.5 Å². The van der Waals surface area contributed by atoms with Crippen molar-refractivity contribution < 1.29 is 19.6 Å². The van der Waals surface area contributed by atoms with Gasteiger partial charge in [-0.3, -0.25) is 19.8 Å². The van der Waals surface area contributed by atoms with E-state index in [1.807, 2.05) is 0 Å². The van der Waals surface area contributed by atoms with Crippen molar-refractivity contribution in [3.8, 4) is 11.5 Å². The van der Waals surface area contributed by atoms with Crippen molar-refractivity contribution in [1.29, 1.82) is 0 Å². The lowest BCUT2D eigenvalue weighted by molar-refractivity contribution is -0.384. The van der Waals surface area contributed by atoms with Crippen LogP contribution in [-0.2, 0) is 6.54 Å². The van der Waals surface area contributed by atoms with E-state index in [4.69, 9.17) is 4.74 Å². The number of nitro benzene ring substituents is 1. The molecule has 3 rings (SSSR count). The fraction of sp³-hybridized carbons (Fsp3) is 0.364. The Kier molecular flexibility index (Phi) is 7.19. The van der Waals surface area contributed by atoms with E-state index in [-0.39, 0.29) is 17.0 Å². The van der Waals surface area contributed by atoms with E-state index in [0.29, 0.717) is 23.8 Å². The van der Waals surface area contributed by atoms with Crippen molar-refractivity contribution in [2.75, 3.05) is 20.2 Å². The molecule has 0 radical (unpaired) electrons. The van der Waals surface area contributed by atoms with Crippen molar-refractivity contribution in [2.24, 2.45) is 11.0 Å². The van der Waals surface area contributed by atoms with E-state index >= 15 is 0 Å². The molecular weight excluding hydrogens is 400 g/mol. The van der Waals surface area contributed by atoms with Gasteiger partial charge < -0.3 is 9.84 Å². The molecule has 1 saturated heterocycles. The van der Waals surface area contributed by atoms with Gasteiger partial charge in [0.2, 0.25) is 0 Å². The number of carbonyl (C=O) groups excluding carboxylic acids is 1. The molecule has 1 unspecified atom stereocenters. The van der Waals surface area contributed by atoms with E-state index < -0.39 is 10.8 Å². The number of piperidine rings is 1. The first-order chi connectivity index (χ1) is 14.9. The van der Waals surface area contributed by atoms with Crippen LogP contribution in [0.3, 0.4) is 0 Å². The van der Waals surface area contributed by atoms with Crippen LogP contribution in [0.25, 0.3) is 0 Å². The fourth-order valence-electron chi connectivity index (χ4n) is 3.70. The third kappa shape index (κ3) is 5.79. The maximum absolute atomic E-state index is 12.2. The van der Waals surface area contributed by atoms with Crippen molar-refractivity contribution >= 4 is 17.8 Å². The summed E-state index contributed by atoms with van der Waals surface area (Å²) in [6.07, 6.45) is 3.78. The highest BCUT2D eigenvalue weighted by atomic mass is 16.6. The Morgan fingerprint density at radius 2 is 2.23 bits per heavy atom. The molecule has 1 atom stereocenters. The zero-order valence-electron chi connectivity index (χ0n) is 17.6. The molecule has 1 aliphatic heterocycles. The fourth-order valence-corrected chi connectivity index (χ4v) is 3.70. The molecule has 2 N–H and O–H groups in total. The molecule has 1 heterocycles. The molecule has 2 aromatic carbocycles. The van der Waals surface area contributed by atoms with Crippen LogP contribution in [0.5, 0.6) is 11.5 Å². The third-order valence-electron chi connectivity index (χ3n) is 5.23. The van der Waals surface area contributed by atoms with Crippen LogP contribution in [0, 0.1) is 16.0 Å². The number of carbonyl (C=O) groups is 1. The first kappa shape index (κ1) is 22.2. The van der Waals surface area contributed by atoms with Gasteiger partial charge in [-0.15, -0.1) is 0 Å². The quantitative estimate of drug-likeness (QED) is 0.398. The van der Waals surface area contributed by atoms with Crippen LogP contribution in [-0.4, -0.2) is 47.3 Å². The Bertz CT molecular complexity index is 992. The van der Waals surface area contributed by atoms with Crippen LogP contribution in [0.2, 0.25) is 0 Å². The van der Waals surface area contributed by atoms with Gasteiger partial charge in [-0.2, -0.15) is 5.10 Å². The number of hydrazone groups is 1. The highest BCUT2D eigenvalue weighted by molar-refractivity contribution is 5.95. The average molecular weight is 426 g/mol. The van der Waals surface area contributed by atoms with Gasteiger partial charge in [0.25, 0.3) is 11.6 Å². The van der Waals surface area contributed by atoms with Crippen molar-refractivity contribution in [2.45, 2.75) is 26.3 Å². The molecule has 0 spiro atoms. The molecule has 1 aliphatic rings. The van der Waals surface area contributed by atoms with E-state index in [2.05, 4.69) is 22.4 Å². The second-order valence-electron chi connectivity index (χ2n) is 7.72. The maximum atomic E-state index is 12.2. The number of hydrogen-bond acceptors (Lipinski definition) is 7. The summed E-state index contributed by atoms with van der Waals surface area (Å²) in [6.45, 7) is 4.76. The molecule has 9 nitrogen and oxygen atoms in total. The zero-order valence-corrected chi connectivity index (χ0v) is 17.6. The Labute approximate surface area is 180 Å². The summed E-state index contributed by atoms with van der Waals surface area (Å²) in [6, 6.07) is 8.84. The normalized spacial score (nSPS) is 16.9. The highest BCUT2D eigenvalue weighted by Crippen LogP contribution is 2.32. The van der Waals surface area contributed by atoms with Gasteiger partial charge in [0.05, 0.1) is 18.2 Å². The predicted molar refractivity (Wildman–Crippen MR) is 116 cm³/mol. The predicted octanol–water partition coefficient (Wildman–Crippen LogP) is 3.30. The van der Waals surface area contributed by atoms with E-state index in [1.54, 1.807) is 12.1 Å². The van der Waals surface area contributed by atoms with Gasteiger partial charge >= 0.3 is 0 Å². The number of ether oxygens (including phenoxy) is 1. The second-order valence-corrected chi connectivity index (χ2v) is 7.72. The van der Waals surface area contributed by atoms with Gasteiger partial charge in [-0.05, 0) is 49.1 Å². The summed E-state index contributed by atoms with van der Waals surface area (Å²) in [4.78, 5) is 24.8. The van der Waals surface area contributed by atoms with Crippen molar-refractivity contribution in [1.82, 2.24) is 10.3 Å². The molecule has 2 aromatic rings. The number of aromatic hydroxyl groups is 1. The molecule has 1 fully saturated rings. The highest BCUT2D eigenvalue weighted by Gasteiger charge is 2.19. The Morgan fingerprint density at radius 3 is 2.94 bits per heavy atom. The number of likely N-dealkylation sites (tertiary alicyclic amines) is 1. The molecule has 1 amide bonds. The minimum Gasteiger partial charge on any atom is -0.504 e. The monoisotopic (exact) mass is 426 g/mol. The number of non-ortho nitro benzene ring substituents is 1. The number of methoxy groups -OCH3 is 1. The summed E-state index contributed by atoms with van der Waals surface area (Å²) in [5.74, 6) is 0.479. The van der Waals surface area contributed by atoms with Crippen LogP contribution >= 0.6 is 0 Å². The van der Waals surface area contributed by atoms with E-state index in [0.717, 1.165) is 25.1 Å². The average Bonchev–Trinajstić information content (AvgIpc) is 2.75. The van der Waals surface area contributed by atoms with Gasteiger partial charge in [-0.1, -0.05) is 13.0 Å². The number of nitrogens with zero attached hydrogens (tertiary/aromatic N) is 3. The third-order valence-corrected chi connectivity index (χ3v) is 5.23. The van der Waals surface area contributed by atoms with Crippen LogP contribution in [0.4, 0.5) is 5.69 Å². The first-order valence-electron chi connectivity index (χ1n) is 10.1. The van der Waals surface area contributed by atoms with E-state index in [1.165, 1.54) is 44.0 Å². The van der Waals surface area contributed by atoms with E-state index in [9.17, 15) is 20.0 Å². The molecule has 31 heavy (non-hydrogen) atoms. The second kappa shape index (κ2) is 10.0. The van der Waals surface area contributed by atoms with Crippen LogP contribution < -0.4 is 10.2 Å². The standard InChI is InChI=1S/C22H26N4O5/c1-15-5-4-8-25(13-15)14-18-9-16(10-20(31-2)21(18)27)12-23-24-22(28)17-6-3-7-19(11-17)26(29)30/h3,6-7,9-12,15,27H,4-5,8,13-14H2,1-2H3,(H,24,28). The topological polar surface area (TPSA) is 117 Å². The SMILES string of the molecule is COc1cc(C=NNC(=O)c2cccc([N+](=O)[O-])c2)cc(CN2CCCC(C)C2)c1O. The molecule has 0 saturated carbocycles. The summed E-state index contributed by atoms with van der Waals surface area (Å²) >= 11 is 0. The minimum absolute atomic E-state index is 0.0958. The van der Waals surface area contributed by atoms with Crippen molar-refractivity contribution in [3.63, 3.8) is 0 Å². The Hall–Kier alpha value is -3.46. The van der Waals surface area contributed by atoms with Gasteiger partial charge in [0, 0.05) is 36.3 Å². The summed E-state index contributed by atoms with van der Waals surface area (Å²) in [5, 5.41) is 25.3. The smallest absolute Gasteiger partial charge is 0.271 e. The summed E-state index contributed by atoms with van der Waals surface area (Å²) in [7, 11) is 1.48. The Balaban J connectivity index is 1.73. The lowest BCUT2D eigenvalue weighted by Crippen LogP contribution is -2.33. The molecule has 0 aromatic heterocycles. The lowest BCUT2D eigenvalue weighted by atomic mass is 9.99. The van der Waals surface area contributed by atoms with Crippen LogP contribution in [0.1, 0.15) is 41.3 Å². The molecule has 164 valence electrons. The minimum atomic E-state index is -0.562. The first-order valence-corrected chi connectivity index (χ1v) is 10.1. The molecule has 0 aliphatic carbocycles. The molecule has 9 heteroatoms.